The summed E-state index contributed by atoms with van der Waals surface area (Å²) in [6, 6.07) is 14.1. The SMILES string of the molecule is COCCCNC(=O)c1cccc(C(=O)N(C)c2ccccc2)n1. The highest BCUT2D eigenvalue weighted by Gasteiger charge is 2.16. The molecule has 1 aromatic carbocycles. The topological polar surface area (TPSA) is 71.5 Å². The molecule has 2 aromatic rings. The fourth-order valence-electron chi connectivity index (χ4n) is 2.13. The zero-order chi connectivity index (χ0) is 17.4. The van der Waals surface area contributed by atoms with Crippen molar-refractivity contribution in [2.24, 2.45) is 0 Å². The lowest BCUT2D eigenvalue weighted by Crippen LogP contribution is -2.29. The first-order valence-corrected chi connectivity index (χ1v) is 7.71. The highest BCUT2D eigenvalue weighted by molar-refractivity contribution is 6.05. The van der Waals surface area contributed by atoms with Crippen molar-refractivity contribution in [3.63, 3.8) is 0 Å². The Morgan fingerprint density at radius 3 is 2.50 bits per heavy atom. The molecule has 2 amide bonds. The van der Waals surface area contributed by atoms with Crippen LogP contribution in [0.5, 0.6) is 0 Å². The molecule has 24 heavy (non-hydrogen) atoms. The Balaban J connectivity index is 2.06. The first-order valence-electron chi connectivity index (χ1n) is 7.71. The van der Waals surface area contributed by atoms with E-state index < -0.39 is 0 Å². The summed E-state index contributed by atoms with van der Waals surface area (Å²) >= 11 is 0. The Morgan fingerprint density at radius 2 is 1.79 bits per heavy atom. The van der Waals surface area contributed by atoms with Crippen LogP contribution in [0.2, 0.25) is 0 Å². The maximum Gasteiger partial charge on any atom is 0.276 e. The molecule has 6 heteroatoms. The Kier molecular flexibility index (Phi) is 6.45. The van der Waals surface area contributed by atoms with Crippen molar-refractivity contribution < 1.29 is 14.3 Å². The van der Waals surface area contributed by atoms with E-state index in [1.807, 2.05) is 30.3 Å². The number of benzene rings is 1. The van der Waals surface area contributed by atoms with Gasteiger partial charge in [0.2, 0.25) is 0 Å². The quantitative estimate of drug-likeness (QED) is 0.791. The number of nitrogens with zero attached hydrogens (tertiary/aromatic N) is 2. The van der Waals surface area contributed by atoms with Crippen molar-refractivity contribution in [3.05, 3.63) is 59.9 Å². The zero-order valence-electron chi connectivity index (χ0n) is 13.9. The summed E-state index contributed by atoms with van der Waals surface area (Å²) in [7, 11) is 3.29. The highest BCUT2D eigenvalue weighted by Crippen LogP contribution is 2.14. The molecule has 0 spiro atoms. The molecule has 126 valence electrons. The molecule has 0 aliphatic heterocycles. The fraction of sp³-hybridized carbons (Fsp3) is 0.278. The van der Waals surface area contributed by atoms with Crippen LogP contribution in [0, 0.1) is 0 Å². The third-order valence-electron chi connectivity index (χ3n) is 3.46. The third-order valence-corrected chi connectivity index (χ3v) is 3.46. The van der Waals surface area contributed by atoms with Gasteiger partial charge in [0.15, 0.2) is 0 Å². The number of aromatic nitrogens is 1. The van der Waals surface area contributed by atoms with Gasteiger partial charge in [-0.25, -0.2) is 4.98 Å². The molecule has 0 aliphatic rings. The Bertz CT molecular complexity index is 689. The Morgan fingerprint density at radius 1 is 1.08 bits per heavy atom. The molecule has 0 aliphatic carbocycles. The predicted octanol–water partition coefficient (Wildman–Crippen LogP) is 2.12. The number of carbonyl (C=O) groups excluding carboxylic acids is 2. The first-order chi connectivity index (χ1) is 11.6. The minimum absolute atomic E-state index is 0.222. The number of para-hydroxylation sites is 1. The Hall–Kier alpha value is -2.73. The monoisotopic (exact) mass is 327 g/mol. The summed E-state index contributed by atoms with van der Waals surface area (Å²) in [6.45, 7) is 1.07. The summed E-state index contributed by atoms with van der Waals surface area (Å²) in [4.78, 5) is 30.3. The maximum atomic E-state index is 12.5. The van der Waals surface area contributed by atoms with Crippen LogP contribution in [-0.2, 0) is 4.74 Å². The first kappa shape index (κ1) is 17.6. The molecule has 0 atom stereocenters. The van der Waals surface area contributed by atoms with Gasteiger partial charge < -0.3 is 15.0 Å². The van der Waals surface area contributed by atoms with E-state index in [9.17, 15) is 9.59 Å². The van der Waals surface area contributed by atoms with Gasteiger partial charge in [-0.2, -0.15) is 0 Å². The second kappa shape index (κ2) is 8.79. The van der Waals surface area contributed by atoms with E-state index >= 15 is 0 Å². The summed E-state index contributed by atoms with van der Waals surface area (Å²) in [5.74, 6) is -0.571. The predicted molar refractivity (Wildman–Crippen MR) is 92.2 cm³/mol. The van der Waals surface area contributed by atoms with E-state index in [2.05, 4.69) is 10.3 Å². The smallest absolute Gasteiger partial charge is 0.276 e. The third kappa shape index (κ3) is 4.63. The molecule has 0 radical (unpaired) electrons. The van der Waals surface area contributed by atoms with Gasteiger partial charge in [0.1, 0.15) is 11.4 Å². The number of nitrogens with one attached hydrogen (secondary N) is 1. The summed E-state index contributed by atoms with van der Waals surface area (Å²) in [5, 5.41) is 2.75. The number of anilines is 1. The number of ether oxygens (including phenoxy) is 1. The van der Waals surface area contributed by atoms with E-state index in [4.69, 9.17) is 4.74 Å². The number of methoxy groups -OCH3 is 1. The van der Waals surface area contributed by atoms with E-state index in [1.54, 1.807) is 32.4 Å². The van der Waals surface area contributed by atoms with Gasteiger partial charge in [-0.15, -0.1) is 0 Å². The lowest BCUT2D eigenvalue weighted by Gasteiger charge is -2.17. The molecule has 1 heterocycles. The van der Waals surface area contributed by atoms with Crippen LogP contribution in [0.4, 0.5) is 5.69 Å². The average Bonchev–Trinajstić information content (AvgIpc) is 2.64. The summed E-state index contributed by atoms with van der Waals surface area (Å²) in [5.41, 5.74) is 1.21. The van der Waals surface area contributed by atoms with Crippen LogP contribution in [0.15, 0.2) is 48.5 Å². The second-order valence-corrected chi connectivity index (χ2v) is 5.21. The molecular formula is C18H21N3O3. The molecule has 0 saturated carbocycles. The van der Waals surface area contributed by atoms with E-state index in [0.717, 1.165) is 12.1 Å². The van der Waals surface area contributed by atoms with Crippen LogP contribution < -0.4 is 10.2 Å². The number of hydrogen-bond donors (Lipinski definition) is 1. The summed E-state index contributed by atoms with van der Waals surface area (Å²) in [6.07, 6.45) is 0.720. The number of rotatable bonds is 7. The lowest BCUT2D eigenvalue weighted by molar-refractivity contribution is 0.0943. The van der Waals surface area contributed by atoms with Gasteiger partial charge >= 0.3 is 0 Å². The molecule has 1 N–H and O–H groups in total. The van der Waals surface area contributed by atoms with Gasteiger partial charge in [0.25, 0.3) is 11.8 Å². The van der Waals surface area contributed by atoms with Gasteiger partial charge in [-0.05, 0) is 30.7 Å². The maximum absolute atomic E-state index is 12.5. The van der Waals surface area contributed by atoms with Crippen LogP contribution in [-0.4, -0.2) is 44.1 Å². The number of hydrogen-bond acceptors (Lipinski definition) is 4. The van der Waals surface area contributed by atoms with Crippen LogP contribution >= 0.6 is 0 Å². The Labute approximate surface area is 141 Å². The molecule has 0 bridgehead atoms. The molecule has 1 aromatic heterocycles. The molecular weight excluding hydrogens is 306 g/mol. The minimum Gasteiger partial charge on any atom is -0.385 e. The molecule has 6 nitrogen and oxygen atoms in total. The van der Waals surface area contributed by atoms with Crippen molar-refractivity contribution >= 4 is 17.5 Å². The number of amides is 2. The highest BCUT2D eigenvalue weighted by atomic mass is 16.5. The van der Waals surface area contributed by atoms with Crippen LogP contribution in [0.1, 0.15) is 27.4 Å². The fourth-order valence-corrected chi connectivity index (χ4v) is 2.13. The zero-order valence-corrected chi connectivity index (χ0v) is 13.9. The summed E-state index contributed by atoms with van der Waals surface area (Å²) < 4.78 is 4.93. The van der Waals surface area contributed by atoms with Crippen molar-refractivity contribution in [2.75, 3.05) is 32.2 Å². The largest absolute Gasteiger partial charge is 0.385 e. The van der Waals surface area contributed by atoms with Crippen LogP contribution in [0.3, 0.4) is 0 Å². The molecule has 0 saturated heterocycles. The second-order valence-electron chi connectivity index (χ2n) is 5.21. The van der Waals surface area contributed by atoms with E-state index in [0.29, 0.717) is 13.2 Å². The standard InChI is InChI=1S/C18H21N3O3/c1-21(14-8-4-3-5-9-14)18(23)16-11-6-10-15(20-16)17(22)19-12-7-13-24-2/h3-6,8-11H,7,12-13H2,1-2H3,(H,19,22). The minimum atomic E-state index is -0.303. The van der Waals surface area contributed by atoms with E-state index in [1.165, 1.54) is 4.90 Å². The average molecular weight is 327 g/mol. The normalized spacial score (nSPS) is 10.2. The molecule has 2 rings (SSSR count). The van der Waals surface area contributed by atoms with E-state index in [-0.39, 0.29) is 23.2 Å². The van der Waals surface area contributed by atoms with Gasteiger partial charge in [-0.3, -0.25) is 9.59 Å². The van der Waals surface area contributed by atoms with Crippen molar-refractivity contribution in [2.45, 2.75) is 6.42 Å². The van der Waals surface area contributed by atoms with Crippen LogP contribution in [0.25, 0.3) is 0 Å². The lowest BCUT2D eigenvalue weighted by atomic mass is 10.2. The van der Waals surface area contributed by atoms with Crippen molar-refractivity contribution in [3.8, 4) is 0 Å². The number of pyridine rings is 1. The number of carbonyl (C=O) groups is 2. The van der Waals surface area contributed by atoms with Gasteiger partial charge in [0.05, 0.1) is 0 Å². The van der Waals surface area contributed by atoms with Gasteiger partial charge in [-0.1, -0.05) is 24.3 Å². The molecule has 0 fully saturated rings. The molecule has 0 unspecified atom stereocenters. The van der Waals surface area contributed by atoms with Gasteiger partial charge in [0, 0.05) is 33.0 Å². The van der Waals surface area contributed by atoms with Crippen molar-refractivity contribution in [1.82, 2.24) is 10.3 Å². The van der Waals surface area contributed by atoms with Crippen molar-refractivity contribution in [1.29, 1.82) is 0 Å².